The number of phenolic OH excluding ortho intramolecular Hbond substituents is 1. The molecule has 0 aliphatic carbocycles. The topological polar surface area (TPSA) is 165 Å². The summed E-state index contributed by atoms with van der Waals surface area (Å²) in [5, 5.41) is 30.5. The van der Waals surface area contributed by atoms with E-state index in [-0.39, 0.29) is 11.7 Å². The Hall–Kier alpha value is -2.84. The molecule has 0 bridgehead atoms. The van der Waals surface area contributed by atoms with Crippen LogP contribution in [0.2, 0.25) is 0 Å². The van der Waals surface area contributed by atoms with Crippen molar-refractivity contribution in [1.29, 1.82) is 0 Å². The highest BCUT2D eigenvalue weighted by molar-refractivity contribution is 5.98. The van der Waals surface area contributed by atoms with E-state index >= 15 is 0 Å². The van der Waals surface area contributed by atoms with Crippen molar-refractivity contribution in [3.63, 3.8) is 0 Å². The van der Waals surface area contributed by atoms with Crippen molar-refractivity contribution in [3.8, 4) is 5.75 Å². The summed E-state index contributed by atoms with van der Waals surface area (Å²) < 4.78 is 0. The molecule has 9 heteroatoms. The van der Waals surface area contributed by atoms with Crippen molar-refractivity contribution in [2.24, 2.45) is 16.6 Å². The molecular formula is C10H15N5O4. The molecule has 6 N–H and O–H groups in total. The molecule has 0 aliphatic heterocycles. The van der Waals surface area contributed by atoms with Gasteiger partial charge in [-0.05, 0) is 43.2 Å². The number of hydrogen-bond donors (Lipinski definition) is 4. The summed E-state index contributed by atoms with van der Waals surface area (Å²) in [7, 11) is 0. The van der Waals surface area contributed by atoms with E-state index in [1.54, 1.807) is 12.1 Å². The third kappa shape index (κ3) is 7.15. The zero-order valence-electron chi connectivity index (χ0n) is 10.5. The first-order chi connectivity index (χ1) is 8.73. The zero-order chi connectivity index (χ0) is 15.0. The second-order valence-corrected chi connectivity index (χ2v) is 3.49. The zero-order valence-corrected chi connectivity index (χ0v) is 10.5. The number of benzene rings is 1. The van der Waals surface area contributed by atoms with Crippen molar-refractivity contribution in [2.45, 2.75) is 13.8 Å². The van der Waals surface area contributed by atoms with Crippen molar-refractivity contribution in [1.82, 2.24) is 0 Å². The fraction of sp³-hybridized carbons (Fsp3) is 0.200. The Morgan fingerprint density at radius 2 is 1.95 bits per heavy atom. The molecule has 0 saturated heterocycles. The molecule has 0 unspecified atom stereocenters. The molecule has 0 saturated carbocycles. The van der Waals surface area contributed by atoms with Crippen molar-refractivity contribution >= 4 is 11.7 Å². The summed E-state index contributed by atoms with van der Waals surface area (Å²) in [6.07, 6.45) is 0. The Bertz CT molecular complexity index is 505. The molecule has 1 aromatic rings. The molecule has 0 fully saturated rings. The lowest BCUT2D eigenvalue weighted by atomic mass is 10.1. The van der Waals surface area contributed by atoms with Gasteiger partial charge in [0.1, 0.15) is 5.75 Å². The van der Waals surface area contributed by atoms with Crippen LogP contribution in [0.15, 0.2) is 23.3 Å². The van der Waals surface area contributed by atoms with E-state index in [1.165, 1.54) is 0 Å². The van der Waals surface area contributed by atoms with Gasteiger partial charge < -0.3 is 20.4 Å². The van der Waals surface area contributed by atoms with Gasteiger partial charge in [0.05, 0.1) is 10.8 Å². The van der Waals surface area contributed by atoms with Gasteiger partial charge in [-0.25, -0.2) is 0 Å². The number of phenols is 1. The Morgan fingerprint density at radius 1 is 1.42 bits per heavy atom. The minimum absolute atomic E-state index is 0.0462. The highest BCUT2D eigenvalue weighted by Gasteiger charge is 2.01. The number of nitrogens with two attached hydrogens (primary N) is 2. The fourth-order valence-corrected chi connectivity index (χ4v) is 1.09. The van der Waals surface area contributed by atoms with Gasteiger partial charge in [0.15, 0.2) is 0 Å². The third-order valence-corrected chi connectivity index (χ3v) is 1.97. The highest BCUT2D eigenvalue weighted by Crippen LogP contribution is 2.17. The highest BCUT2D eigenvalue weighted by atomic mass is 16.9. The van der Waals surface area contributed by atoms with E-state index in [9.17, 15) is 5.11 Å². The molecule has 0 aromatic heterocycles. The SMILES string of the molecule is C/C(=N\[NH+]=C(N)N)c1ccc(O)c(C)c1.O=[N+]([O-])[O-]. The maximum atomic E-state index is 9.34. The van der Waals surface area contributed by atoms with E-state index < -0.39 is 5.09 Å². The number of guanidine groups is 1. The second-order valence-electron chi connectivity index (χ2n) is 3.49. The molecule has 0 amide bonds. The Morgan fingerprint density at radius 3 is 2.37 bits per heavy atom. The first-order valence-corrected chi connectivity index (χ1v) is 5.03. The minimum Gasteiger partial charge on any atom is -0.508 e. The number of rotatable bonds is 2. The number of aryl methyl sites for hydroxylation is 1. The predicted molar refractivity (Wildman–Crippen MR) is 69.8 cm³/mol. The largest absolute Gasteiger partial charge is 0.508 e. The van der Waals surface area contributed by atoms with Crippen LogP contribution in [-0.4, -0.2) is 21.9 Å². The first kappa shape index (κ1) is 16.2. The van der Waals surface area contributed by atoms with Gasteiger partial charge in [0, 0.05) is 0 Å². The Balaban J connectivity index is 0.000000711. The lowest BCUT2D eigenvalue weighted by molar-refractivity contribution is -0.464. The molecule has 0 aliphatic rings. The number of aromatic hydroxyl groups is 1. The average Bonchev–Trinajstić information content (AvgIpc) is 2.28. The fourth-order valence-electron chi connectivity index (χ4n) is 1.09. The van der Waals surface area contributed by atoms with Gasteiger partial charge >= 0.3 is 5.96 Å². The van der Waals surface area contributed by atoms with Gasteiger partial charge in [0.25, 0.3) is 0 Å². The van der Waals surface area contributed by atoms with Gasteiger partial charge in [0.2, 0.25) is 0 Å². The van der Waals surface area contributed by atoms with Crippen molar-refractivity contribution < 1.29 is 15.3 Å². The second kappa shape index (κ2) is 7.48. The van der Waals surface area contributed by atoms with Gasteiger partial charge in [-0.2, -0.15) is 5.10 Å². The normalized spacial score (nSPS) is 10.1. The molecule has 1 aromatic carbocycles. The quantitative estimate of drug-likeness (QED) is 0.221. The molecule has 19 heavy (non-hydrogen) atoms. The van der Waals surface area contributed by atoms with E-state index in [1.807, 2.05) is 19.9 Å². The Kier molecular flexibility index (Phi) is 6.36. The van der Waals surface area contributed by atoms with Crippen LogP contribution in [0.3, 0.4) is 0 Å². The summed E-state index contributed by atoms with van der Waals surface area (Å²) >= 11 is 0. The number of nitrogens with zero attached hydrogens (tertiary/aromatic N) is 2. The number of hydrazone groups is 1. The third-order valence-electron chi connectivity index (χ3n) is 1.97. The summed E-state index contributed by atoms with van der Waals surface area (Å²) in [6.45, 7) is 3.64. The lowest BCUT2D eigenvalue weighted by Gasteiger charge is -2.02. The first-order valence-electron chi connectivity index (χ1n) is 5.03. The van der Waals surface area contributed by atoms with Crippen LogP contribution in [0.1, 0.15) is 18.1 Å². The molecule has 104 valence electrons. The van der Waals surface area contributed by atoms with E-state index in [0.717, 1.165) is 16.8 Å². The smallest absolute Gasteiger partial charge is 0.362 e. The maximum Gasteiger partial charge on any atom is 0.362 e. The summed E-state index contributed by atoms with van der Waals surface area (Å²) in [5.41, 5.74) is 12.9. The summed E-state index contributed by atoms with van der Waals surface area (Å²) in [4.78, 5) is 8.25. The van der Waals surface area contributed by atoms with E-state index in [2.05, 4.69) is 10.2 Å². The lowest BCUT2D eigenvalue weighted by Crippen LogP contribution is -2.72. The molecule has 0 radical (unpaired) electrons. The van der Waals surface area contributed by atoms with Crippen LogP contribution >= 0.6 is 0 Å². The van der Waals surface area contributed by atoms with Gasteiger partial charge in [-0.15, -0.1) is 5.10 Å². The van der Waals surface area contributed by atoms with E-state index in [4.69, 9.17) is 26.8 Å². The van der Waals surface area contributed by atoms with Crippen LogP contribution < -0.4 is 16.6 Å². The Labute approximate surface area is 109 Å². The van der Waals surface area contributed by atoms with Gasteiger partial charge in [-0.3, -0.25) is 11.5 Å². The molecule has 1 rings (SSSR count). The molecular weight excluding hydrogens is 254 g/mol. The van der Waals surface area contributed by atoms with Crippen LogP contribution in [0.25, 0.3) is 0 Å². The van der Waals surface area contributed by atoms with E-state index in [0.29, 0.717) is 0 Å². The summed E-state index contributed by atoms with van der Waals surface area (Å²) in [6, 6.07) is 5.23. The summed E-state index contributed by atoms with van der Waals surface area (Å²) in [5.74, 6) is 0.314. The molecule has 0 heterocycles. The number of hydrogen-bond acceptors (Lipinski definition) is 5. The van der Waals surface area contributed by atoms with Crippen molar-refractivity contribution in [2.75, 3.05) is 0 Å². The van der Waals surface area contributed by atoms with Crippen LogP contribution in [0, 0.1) is 22.2 Å². The average molecular weight is 269 g/mol. The molecule has 9 nitrogen and oxygen atoms in total. The van der Waals surface area contributed by atoms with Crippen molar-refractivity contribution in [3.05, 3.63) is 44.6 Å². The minimum atomic E-state index is -1.75. The standard InChI is InChI=1S/C10H14N4O.NO3/c1-6-5-8(3-4-9(6)15)7(2)13-14-10(11)12;2-1(3)4/h3-5,15H,1-2H3,(H4,11,12,14);/q;-1/p+1/b13-7+;. The van der Waals surface area contributed by atoms with Gasteiger partial charge in [-0.1, -0.05) is 0 Å². The monoisotopic (exact) mass is 269 g/mol. The molecule has 0 atom stereocenters. The predicted octanol–water partition coefficient (Wildman–Crippen LogP) is -1.46. The van der Waals surface area contributed by atoms with Crippen LogP contribution in [-0.2, 0) is 0 Å². The maximum absolute atomic E-state index is 9.34. The van der Waals surface area contributed by atoms with Crippen LogP contribution in [0.4, 0.5) is 0 Å². The molecule has 0 spiro atoms. The number of nitrogens with one attached hydrogen (secondary N) is 1. The van der Waals surface area contributed by atoms with Crippen LogP contribution in [0.5, 0.6) is 5.75 Å².